The van der Waals surface area contributed by atoms with Crippen LogP contribution in [0.3, 0.4) is 0 Å². The monoisotopic (exact) mass is 392 g/mol. The fourth-order valence-corrected chi connectivity index (χ4v) is 3.86. The normalized spacial score (nSPS) is 18.5. The minimum absolute atomic E-state index is 0.368. The molecule has 0 N–H and O–H groups in total. The lowest BCUT2D eigenvalue weighted by Gasteiger charge is -2.25. The number of hydrogen-bond donors (Lipinski definition) is 0. The van der Waals surface area contributed by atoms with Crippen LogP contribution in [0.5, 0.6) is 0 Å². The van der Waals surface area contributed by atoms with Crippen LogP contribution in [0.2, 0.25) is 5.02 Å². The molecule has 0 aliphatic heterocycles. The Balaban J connectivity index is 1.50. The largest absolute Gasteiger partial charge is 0.206 e. The first-order valence-corrected chi connectivity index (χ1v) is 10.6. The molecule has 3 rings (SSSR count). The van der Waals surface area contributed by atoms with E-state index in [4.69, 9.17) is 11.6 Å². The highest BCUT2D eigenvalue weighted by atomic mass is 35.5. The summed E-state index contributed by atoms with van der Waals surface area (Å²) in [5, 5.41) is 0.384. The smallest absolute Gasteiger partial charge is 0.140 e. The van der Waals surface area contributed by atoms with Crippen molar-refractivity contribution < 1.29 is 4.39 Å². The zero-order valence-corrected chi connectivity index (χ0v) is 17.2. The van der Waals surface area contributed by atoms with Crippen LogP contribution in [0, 0.1) is 41.3 Å². The molecule has 144 valence electrons. The zero-order valence-electron chi connectivity index (χ0n) is 16.4. The molecule has 1 saturated carbocycles. The van der Waals surface area contributed by atoms with Crippen LogP contribution in [-0.2, 0) is 6.42 Å². The summed E-state index contributed by atoms with van der Waals surface area (Å²) in [5.41, 5.74) is 2.61. The average molecular weight is 393 g/mol. The lowest BCUT2D eigenvalue weighted by Crippen LogP contribution is -2.14. The second kappa shape index (κ2) is 10.4. The van der Waals surface area contributed by atoms with E-state index in [2.05, 4.69) is 42.7 Å². The summed E-state index contributed by atoms with van der Waals surface area (Å²) in [6.07, 6.45) is 8.44. The molecule has 0 radical (unpaired) electrons. The highest BCUT2D eigenvalue weighted by molar-refractivity contribution is 6.30. The Kier molecular flexibility index (Phi) is 7.59. The van der Waals surface area contributed by atoms with Crippen molar-refractivity contribution in [2.45, 2.75) is 51.9 Å². The molecule has 1 aliphatic carbocycles. The SMILES string of the molecule is CCC#CC1CCC(CCc2ccc(C#Cc3ccc(Cl)cc3F)cc2)CC1. The van der Waals surface area contributed by atoms with E-state index in [1.807, 2.05) is 12.1 Å². The van der Waals surface area contributed by atoms with Crippen molar-refractivity contribution in [3.8, 4) is 23.7 Å². The van der Waals surface area contributed by atoms with Crippen LogP contribution in [0.15, 0.2) is 42.5 Å². The Morgan fingerprint density at radius 1 is 1.00 bits per heavy atom. The summed E-state index contributed by atoms with van der Waals surface area (Å²) in [5.74, 6) is 13.6. The molecular formula is C26H26ClF. The van der Waals surface area contributed by atoms with E-state index in [9.17, 15) is 4.39 Å². The van der Waals surface area contributed by atoms with Gasteiger partial charge in [0.1, 0.15) is 5.82 Å². The predicted molar refractivity (Wildman–Crippen MR) is 116 cm³/mol. The van der Waals surface area contributed by atoms with E-state index in [-0.39, 0.29) is 5.82 Å². The van der Waals surface area contributed by atoms with Crippen LogP contribution in [0.25, 0.3) is 0 Å². The molecule has 2 aromatic carbocycles. The highest BCUT2D eigenvalue weighted by Gasteiger charge is 2.19. The molecule has 0 heterocycles. The molecule has 0 bridgehead atoms. The number of aryl methyl sites for hydroxylation is 1. The van der Waals surface area contributed by atoms with E-state index in [0.29, 0.717) is 16.5 Å². The third kappa shape index (κ3) is 6.15. The first kappa shape index (κ1) is 20.5. The van der Waals surface area contributed by atoms with Gasteiger partial charge < -0.3 is 0 Å². The fraction of sp³-hybridized carbons (Fsp3) is 0.385. The topological polar surface area (TPSA) is 0 Å². The third-order valence-electron chi connectivity index (χ3n) is 5.40. The van der Waals surface area contributed by atoms with Gasteiger partial charge in [-0.25, -0.2) is 4.39 Å². The molecule has 0 aromatic heterocycles. The van der Waals surface area contributed by atoms with Crippen molar-refractivity contribution >= 4 is 11.6 Å². The number of rotatable bonds is 3. The maximum Gasteiger partial charge on any atom is 0.140 e. The van der Waals surface area contributed by atoms with Crippen LogP contribution < -0.4 is 0 Å². The molecule has 28 heavy (non-hydrogen) atoms. The summed E-state index contributed by atoms with van der Waals surface area (Å²) in [4.78, 5) is 0. The van der Waals surface area contributed by atoms with E-state index >= 15 is 0 Å². The van der Waals surface area contributed by atoms with Gasteiger partial charge in [0.25, 0.3) is 0 Å². The fourth-order valence-electron chi connectivity index (χ4n) is 3.70. The van der Waals surface area contributed by atoms with Gasteiger partial charge in [-0.15, -0.1) is 5.92 Å². The first-order valence-electron chi connectivity index (χ1n) is 10.2. The molecular weight excluding hydrogens is 367 g/mol. The molecule has 0 atom stereocenters. The Bertz CT molecular complexity index is 897. The van der Waals surface area contributed by atoms with E-state index in [0.717, 1.165) is 24.3 Å². The second-order valence-corrected chi connectivity index (χ2v) is 7.94. The Hall–Kier alpha value is -2.22. The number of benzene rings is 2. The molecule has 0 unspecified atom stereocenters. The van der Waals surface area contributed by atoms with Gasteiger partial charge in [-0.1, -0.05) is 48.4 Å². The minimum atomic E-state index is -0.382. The van der Waals surface area contributed by atoms with Crippen LogP contribution in [0.1, 0.15) is 62.1 Å². The van der Waals surface area contributed by atoms with Crippen LogP contribution >= 0.6 is 11.6 Å². The molecule has 0 amide bonds. The van der Waals surface area contributed by atoms with Gasteiger partial charge in [0, 0.05) is 22.9 Å². The van der Waals surface area contributed by atoms with Crippen LogP contribution in [0.4, 0.5) is 4.39 Å². The summed E-state index contributed by atoms with van der Waals surface area (Å²) >= 11 is 5.77. The van der Waals surface area contributed by atoms with Gasteiger partial charge in [-0.3, -0.25) is 0 Å². The van der Waals surface area contributed by atoms with Gasteiger partial charge >= 0.3 is 0 Å². The van der Waals surface area contributed by atoms with Crippen molar-refractivity contribution in [1.82, 2.24) is 0 Å². The van der Waals surface area contributed by atoms with Crippen molar-refractivity contribution in [2.75, 3.05) is 0 Å². The molecule has 0 saturated heterocycles. The molecule has 1 fully saturated rings. The van der Waals surface area contributed by atoms with E-state index < -0.39 is 0 Å². The summed E-state index contributed by atoms with van der Waals surface area (Å²) in [6.45, 7) is 2.12. The van der Waals surface area contributed by atoms with E-state index in [1.165, 1.54) is 43.7 Å². The molecule has 2 aromatic rings. The molecule has 0 spiro atoms. The second-order valence-electron chi connectivity index (χ2n) is 7.50. The third-order valence-corrected chi connectivity index (χ3v) is 5.63. The molecule has 1 aliphatic rings. The number of hydrogen-bond acceptors (Lipinski definition) is 0. The first-order chi connectivity index (χ1) is 13.6. The van der Waals surface area contributed by atoms with Gasteiger partial charge in [0.15, 0.2) is 0 Å². The quantitative estimate of drug-likeness (QED) is 0.492. The van der Waals surface area contributed by atoms with Gasteiger partial charge in [-0.2, -0.15) is 0 Å². The van der Waals surface area contributed by atoms with Gasteiger partial charge in [0.2, 0.25) is 0 Å². The predicted octanol–water partition coefficient (Wildman–Crippen LogP) is 7.03. The lowest BCUT2D eigenvalue weighted by atomic mass is 9.80. The minimum Gasteiger partial charge on any atom is -0.206 e. The molecule has 0 nitrogen and oxygen atoms in total. The Morgan fingerprint density at radius 3 is 2.43 bits per heavy atom. The Labute approximate surface area is 173 Å². The zero-order chi connectivity index (χ0) is 19.8. The van der Waals surface area contributed by atoms with E-state index in [1.54, 1.807) is 12.1 Å². The maximum absolute atomic E-state index is 13.8. The summed E-state index contributed by atoms with van der Waals surface area (Å²) in [6, 6.07) is 12.9. The summed E-state index contributed by atoms with van der Waals surface area (Å²) < 4.78 is 13.8. The average Bonchev–Trinajstić information content (AvgIpc) is 2.71. The lowest BCUT2D eigenvalue weighted by molar-refractivity contribution is 0.301. The van der Waals surface area contributed by atoms with Crippen molar-refractivity contribution in [3.63, 3.8) is 0 Å². The Morgan fingerprint density at radius 2 is 1.75 bits per heavy atom. The summed E-state index contributed by atoms with van der Waals surface area (Å²) in [7, 11) is 0. The van der Waals surface area contributed by atoms with Crippen molar-refractivity contribution in [1.29, 1.82) is 0 Å². The highest BCUT2D eigenvalue weighted by Crippen LogP contribution is 2.31. The number of halogens is 2. The van der Waals surface area contributed by atoms with Gasteiger partial charge in [0.05, 0.1) is 5.56 Å². The standard InChI is InChI=1S/C26H26ClF/c1-2-3-4-20-5-7-21(8-6-20)9-10-22-11-13-23(14-12-22)15-16-24-17-18-25(27)19-26(24)28/h11-14,17-21H,2,5-10H2,1H3. The van der Waals surface area contributed by atoms with Gasteiger partial charge in [-0.05, 0) is 80.3 Å². The van der Waals surface area contributed by atoms with Crippen molar-refractivity contribution in [3.05, 3.63) is 70.0 Å². The maximum atomic E-state index is 13.8. The van der Waals surface area contributed by atoms with Crippen LogP contribution in [-0.4, -0.2) is 0 Å². The molecule has 2 heteroatoms. The van der Waals surface area contributed by atoms with Crippen molar-refractivity contribution in [2.24, 2.45) is 11.8 Å².